The van der Waals surface area contributed by atoms with E-state index in [1.165, 1.54) is 0 Å². The fourth-order valence-corrected chi connectivity index (χ4v) is 6.90. The standard InChI is InChI=1S/C13H27O6Si4/c1-14-10(15-2)21-7-13(20,8-22-11(16-3)17-4)9-23-12(18-5)19-6/h10-12H,7-9H2,1-6H3. The first kappa shape index (κ1) is 23.6. The summed E-state index contributed by atoms with van der Waals surface area (Å²) in [4.78, 5) is 0. The van der Waals surface area contributed by atoms with Gasteiger partial charge in [0.25, 0.3) is 0 Å². The van der Waals surface area contributed by atoms with Crippen molar-refractivity contribution in [1.82, 2.24) is 0 Å². The molecule has 0 rings (SSSR count). The summed E-state index contributed by atoms with van der Waals surface area (Å²) in [7, 11) is 15.6. The molecule has 0 aliphatic rings. The molecular formula is C13H27O6Si4. The highest BCUT2D eigenvalue weighted by atomic mass is 28.2. The minimum Gasteiger partial charge on any atom is -0.360 e. The third-order valence-electron chi connectivity index (χ3n) is 3.11. The van der Waals surface area contributed by atoms with Crippen molar-refractivity contribution in [2.45, 2.75) is 40.9 Å². The highest BCUT2D eigenvalue weighted by Crippen LogP contribution is 2.37. The highest BCUT2D eigenvalue weighted by Gasteiger charge is 2.29. The largest absolute Gasteiger partial charge is 0.360 e. The van der Waals surface area contributed by atoms with Gasteiger partial charge < -0.3 is 28.4 Å². The van der Waals surface area contributed by atoms with E-state index in [1.807, 2.05) is 0 Å². The third-order valence-corrected chi connectivity index (χ3v) is 9.75. The zero-order chi connectivity index (χ0) is 17.7. The Hall–Kier alpha value is 0.628. The Labute approximate surface area is 151 Å². The Balaban J connectivity index is 4.66. The first-order valence-corrected chi connectivity index (χ1v) is 11.5. The van der Waals surface area contributed by atoms with E-state index in [2.05, 4.69) is 10.2 Å². The lowest BCUT2D eigenvalue weighted by atomic mass is 10.2. The van der Waals surface area contributed by atoms with Gasteiger partial charge in [-0.1, -0.05) is 18.1 Å². The van der Waals surface area contributed by atoms with Crippen molar-refractivity contribution in [3.8, 4) is 0 Å². The van der Waals surface area contributed by atoms with Gasteiger partial charge >= 0.3 is 0 Å². The normalized spacial score (nSPS) is 12.8. The van der Waals surface area contributed by atoms with E-state index >= 15 is 0 Å². The van der Waals surface area contributed by atoms with Crippen molar-refractivity contribution in [3.05, 3.63) is 0 Å². The van der Waals surface area contributed by atoms with Gasteiger partial charge in [0.15, 0.2) is 0 Å². The van der Waals surface area contributed by atoms with E-state index in [0.29, 0.717) is 28.6 Å². The van der Waals surface area contributed by atoms with Crippen LogP contribution in [0.2, 0.25) is 23.2 Å². The van der Waals surface area contributed by atoms with Crippen molar-refractivity contribution in [2.24, 2.45) is 0 Å². The van der Waals surface area contributed by atoms with Crippen molar-refractivity contribution in [1.29, 1.82) is 0 Å². The monoisotopic (exact) mass is 391 g/mol. The molecule has 0 heterocycles. The van der Waals surface area contributed by atoms with E-state index < -0.39 is 0 Å². The molecule has 131 valence electrons. The van der Waals surface area contributed by atoms with Crippen LogP contribution >= 0.6 is 0 Å². The van der Waals surface area contributed by atoms with Crippen molar-refractivity contribution >= 4 is 38.8 Å². The van der Waals surface area contributed by atoms with Crippen LogP contribution in [-0.4, -0.2) is 99.2 Å². The molecule has 0 aromatic carbocycles. The maximum absolute atomic E-state index is 5.31. The van der Waals surface area contributed by atoms with Crippen LogP contribution < -0.4 is 0 Å². The summed E-state index contributed by atoms with van der Waals surface area (Å²) < 4.78 is 31.8. The van der Waals surface area contributed by atoms with Gasteiger partial charge in [0.05, 0.1) is 0 Å². The molecule has 0 amide bonds. The van der Waals surface area contributed by atoms with Crippen LogP contribution in [0.4, 0.5) is 0 Å². The number of rotatable bonds is 15. The van der Waals surface area contributed by atoms with Crippen LogP contribution in [-0.2, 0) is 28.4 Å². The lowest BCUT2D eigenvalue weighted by Gasteiger charge is -2.32. The minimum atomic E-state index is -0.168. The fraction of sp³-hybridized carbons (Fsp3) is 1.00. The molecule has 0 bridgehead atoms. The number of ether oxygens (including phenoxy) is 6. The number of hydrogen-bond acceptors (Lipinski definition) is 6. The maximum atomic E-state index is 5.31. The van der Waals surface area contributed by atoms with Gasteiger partial charge in [0.2, 0.25) is 0 Å². The molecule has 0 fully saturated rings. The molecule has 9 radical (unpaired) electrons. The van der Waals surface area contributed by atoms with Gasteiger partial charge in [-0.2, -0.15) is 0 Å². The molecule has 0 aliphatic carbocycles. The van der Waals surface area contributed by atoms with Crippen LogP contribution in [0.1, 0.15) is 0 Å². The topological polar surface area (TPSA) is 55.4 Å². The predicted molar refractivity (Wildman–Crippen MR) is 93.5 cm³/mol. The van der Waals surface area contributed by atoms with Crippen LogP contribution in [0.15, 0.2) is 0 Å². The lowest BCUT2D eigenvalue weighted by Crippen LogP contribution is -2.32. The zero-order valence-corrected chi connectivity index (χ0v) is 18.8. The summed E-state index contributed by atoms with van der Waals surface area (Å²) in [6, 6.07) is 2.82. The zero-order valence-electron chi connectivity index (χ0n) is 14.8. The maximum Gasteiger partial charge on any atom is 0.136 e. The number of hydrogen-bond donors (Lipinski definition) is 0. The predicted octanol–water partition coefficient (Wildman–Crippen LogP) is 0.410. The van der Waals surface area contributed by atoms with Crippen molar-refractivity contribution in [3.63, 3.8) is 0 Å². The van der Waals surface area contributed by atoms with Gasteiger partial charge in [-0.3, -0.25) is 0 Å². The van der Waals surface area contributed by atoms with E-state index in [-0.39, 0.29) is 22.8 Å². The third kappa shape index (κ3) is 10.3. The van der Waals surface area contributed by atoms with Gasteiger partial charge in [0, 0.05) is 52.9 Å². The molecule has 0 N–H and O–H groups in total. The van der Waals surface area contributed by atoms with Crippen LogP contribution in [0.25, 0.3) is 0 Å². The molecule has 23 heavy (non-hydrogen) atoms. The second-order valence-corrected chi connectivity index (χ2v) is 9.59. The summed E-state index contributed by atoms with van der Waals surface area (Å²) >= 11 is 0. The fourth-order valence-electron chi connectivity index (χ4n) is 1.81. The Kier molecular flexibility index (Phi) is 14.2. The van der Waals surface area contributed by atoms with Gasteiger partial charge in [-0.25, -0.2) is 0 Å². The summed E-state index contributed by atoms with van der Waals surface area (Å²) in [5.74, 6) is -0.504. The van der Waals surface area contributed by atoms with Crippen molar-refractivity contribution in [2.75, 3.05) is 42.7 Å². The molecule has 0 aromatic heterocycles. The van der Waals surface area contributed by atoms with E-state index in [9.17, 15) is 0 Å². The molecule has 0 aromatic rings. The second-order valence-electron chi connectivity index (χ2n) is 4.83. The smallest absolute Gasteiger partial charge is 0.136 e. The Morgan fingerprint density at radius 3 is 1.00 bits per heavy atom. The van der Waals surface area contributed by atoms with Gasteiger partial charge in [-0.05, 0) is 5.04 Å². The molecule has 10 heteroatoms. The number of methoxy groups -OCH3 is 6. The average molecular weight is 392 g/mol. The molecule has 0 atom stereocenters. The lowest BCUT2D eigenvalue weighted by molar-refractivity contribution is -0.0453. The molecule has 6 nitrogen and oxygen atoms in total. The van der Waals surface area contributed by atoms with Crippen LogP contribution in [0.3, 0.4) is 0 Å². The highest BCUT2D eigenvalue weighted by molar-refractivity contribution is 6.46. The van der Waals surface area contributed by atoms with E-state index in [0.717, 1.165) is 18.1 Å². The Morgan fingerprint density at radius 1 is 0.609 bits per heavy atom. The van der Waals surface area contributed by atoms with Gasteiger partial charge in [-0.15, -0.1) is 0 Å². The quantitative estimate of drug-likeness (QED) is 0.298. The Morgan fingerprint density at radius 2 is 0.826 bits per heavy atom. The summed E-state index contributed by atoms with van der Waals surface area (Å²) in [5.41, 5.74) is 0. The molecule has 0 saturated carbocycles. The van der Waals surface area contributed by atoms with E-state index in [4.69, 9.17) is 28.4 Å². The van der Waals surface area contributed by atoms with Crippen LogP contribution in [0, 0.1) is 0 Å². The molecular weight excluding hydrogens is 364 g/mol. The summed E-state index contributed by atoms with van der Waals surface area (Å²) in [5, 5.41) is -0.0464. The SMILES string of the molecule is COC(OC)[Si]CC([Si])(C[Si]C(OC)OC)C[Si]C(OC)OC. The molecule has 0 spiro atoms. The minimum absolute atomic E-state index is 0.0464. The molecule has 0 aliphatic heterocycles. The van der Waals surface area contributed by atoms with Crippen LogP contribution in [0.5, 0.6) is 0 Å². The first-order valence-electron chi connectivity index (χ1n) is 7.10. The molecule has 0 unspecified atom stereocenters. The summed E-state index contributed by atoms with van der Waals surface area (Å²) in [6.07, 6.45) is 0. The van der Waals surface area contributed by atoms with Gasteiger partial charge in [0.1, 0.15) is 46.3 Å². The average Bonchev–Trinajstić information content (AvgIpc) is 2.57. The first-order chi connectivity index (χ1) is 11.0. The van der Waals surface area contributed by atoms with E-state index in [1.54, 1.807) is 42.7 Å². The second kappa shape index (κ2) is 13.9. The Bertz CT molecular complexity index is 234. The summed E-state index contributed by atoms with van der Waals surface area (Å²) in [6.45, 7) is 0. The van der Waals surface area contributed by atoms with Crippen molar-refractivity contribution < 1.29 is 28.4 Å². The molecule has 0 saturated heterocycles.